The van der Waals surface area contributed by atoms with Crippen LogP contribution in [0.2, 0.25) is 0 Å². The van der Waals surface area contributed by atoms with Gasteiger partial charge in [0.15, 0.2) is 0 Å². The number of hydrogen-bond donors (Lipinski definition) is 2. The van der Waals surface area contributed by atoms with Crippen LogP contribution in [0.4, 0.5) is 5.82 Å². The largest absolute Gasteiger partial charge is 0.366 e. The molecule has 2 N–H and O–H groups in total. The van der Waals surface area contributed by atoms with Gasteiger partial charge in [-0.15, -0.1) is 0 Å². The van der Waals surface area contributed by atoms with Gasteiger partial charge in [0.05, 0.1) is 0 Å². The number of sulfonamides is 1. The number of rotatable bonds is 7. The lowest BCUT2D eigenvalue weighted by atomic mass is 10.1. The van der Waals surface area contributed by atoms with E-state index < -0.39 is 10.0 Å². The summed E-state index contributed by atoms with van der Waals surface area (Å²) in [5.74, 6) is 0.656. The number of hydrogen-bond acceptors (Lipinski definition) is 5. The van der Waals surface area contributed by atoms with Crippen LogP contribution in [-0.2, 0) is 23.1 Å². The topological polar surface area (TPSA) is 74.3 Å². The van der Waals surface area contributed by atoms with Crippen LogP contribution in [0.25, 0.3) is 0 Å². The molecule has 0 radical (unpaired) electrons. The van der Waals surface area contributed by atoms with Gasteiger partial charge in [-0.2, -0.15) is 0 Å². The molecule has 1 saturated heterocycles. The Morgan fingerprint density at radius 2 is 1.78 bits per heavy atom. The summed E-state index contributed by atoms with van der Waals surface area (Å²) < 4.78 is 25.8. The average molecular weight is 389 g/mol. The molecule has 1 aliphatic rings. The van der Waals surface area contributed by atoms with Gasteiger partial charge in [-0.25, -0.2) is 18.1 Å². The molecule has 0 aliphatic carbocycles. The summed E-state index contributed by atoms with van der Waals surface area (Å²) in [5, 5.41) is 3.26. The Bertz CT molecular complexity index is 829. The summed E-state index contributed by atoms with van der Waals surface area (Å²) in [6, 6.07) is 11.9. The number of pyridine rings is 1. The first-order valence-electron chi connectivity index (χ1n) is 9.50. The molecule has 7 heteroatoms. The first-order valence-corrected chi connectivity index (χ1v) is 11.0. The van der Waals surface area contributed by atoms with Crippen molar-refractivity contribution in [1.29, 1.82) is 0 Å². The monoisotopic (exact) mass is 388 g/mol. The zero-order chi connectivity index (χ0) is 19.1. The van der Waals surface area contributed by atoms with Gasteiger partial charge in [0.25, 0.3) is 0 Å². The van der Waals surface area contributed by atoms with Gasteiger partial charge in [0.2, 0.25) is 10.0 Å². The van der Waals surface area contributed by atoms with E-state index in [4.69, 9.17) is 0 Å². The predicted molar refractivity (Wildman–Crippen MR) is 108 cm³/mol. The molecule has 1 fully saturated rings. The summed E-state index contributed by atoms with van der Waals surface area (Å²) >= 11 is 0. The number of aromatic nitrogens is 1. The summed E-state index contributed by atoms with van der Waals surface area (Å²) in [7, 11) is -2.06. The SMILES string of the molecule is CNS(=O)(=O)c1ccc(NCc2cccc(CN3CCCCCC3)c2)nc1. The van der Waals surface area contributed by atoms with Gasteiger partial charge in [0.1, 0.15) is 10.7 Å². The lowest BCUT2D eigenvalue weighted by Gasteiger charge is -2.20. The molecule has 27 heavy (non-hydrogen) atoms. The van der Waals surface area contributed by atoms with E-state index in [0.29, 0.717) is 12.4 Å². The zero-order valence-corrected chi connectivity index (χ0v) is 16.6. The lowest BCUT2D eigenvalue weighted by molar-refractivity contribution is 0.277. The fourth-order valence-corrected chi connectivity index (χ4v) is 4.02. The molecule has 0 bridgehead atoms. The Labute approximate surface area is 162 Å². The minimum atomic E-state index is -3.45. The molecule has 1 aromatic carbocycles. The number of benzene rings is 1. The number of likely N-dealkylation sites (tertiary alicyclic amines) is 1. The quantitative estimate of drug-likeness (QED) is 0.763. The van der Waals surface area contributed by atoms with Crippen molar-refractivity contribution >= 4 is 15.8 Å². The van der Waals surface area contributed by atoms with Crippen molar-refractivity contribution in [2.45, 2.75) is 43.7 Å². The third-order valence-corrected chi connectivity index (χ3v) is 6.28. The van der Waals surface area contributed by atoms with Crippen molar-refractivity contribution in [2.75, 3.05) is 25.5 Å². The van der Waals surface area contributed by atoms with Gasteiger partial charge in [-0.05, 0) is 56.2 Å². The second-order valence-electron chi connectivity index (χ2n) is 6.95. The summed E-state index contributed by atoms with van der Waals surface area (Å²) in [5.41, 5.74) is 2.52. The van der Waals surface area contributed by atoms with Crippen molar-refractivity contribution < 1.29 is 8.42 Å². The maximum absolute atomic E-state index is 11.7. The third kappa shape index (κ3) is 5.76. The molecule has 0 amide bonds. The van der Waals surface area contributed by atoms with Gasteiger partial charge < -0.3 is 5.32 Å². The molecule has 2 heterocycles. The van der Waals surface area contributed by atoms with Gasteiger partial charge in [-0.1, -0.05) is 37.1 Å². The summed E-state index contributed by atoms with van der Waals surface area (Å²) in [4.78, 5) is 6.90. The first kappa shape index (κ1) is 19.8. The van der Waals surface area contributed by atoms with Crippen molar-refractivity contribution in [3.05, 3.63) is 53.7 Å². The number of anilines is 1. The van der Waals surface area contributed by atoms with Crippen LogP contribution in [0.1, 0.15) is 36.8 Å². The second kappa shape index (κ2) is 9.30. The molecule has 1 aliphatic heterocycles. The Balaban J connectivity index is 1.58. The summed E-state index contributed by atoms with van der Waals surface area (Å²) in [6.07, 6.45) is 6.66. The smallest absolute Gasteiger partial charge is 0.241 e. The van der Waals surface area contributed by atoms with Crippen LogP contribution < -0.4 is 10.0 Å². The maximum atomic E-state index is 11.7. The van der Waals surface area contributed by atoms with Crippen LogP contribution in [0.3, 0.4) is 0 Å². The molecular formula is C20H28N4O2S. The van der Waals surface area contributed by atoms with Gasteiger partial charge in [0, 0.05) is 19.3 Å². The van der Waals surface area contributed by atoms with Gasteiger partial charge in [-0.3, -0.25) is 4.90 Å². The lowest BCUT2D eigenvalue weighted by Crippen LogP contribution is -2.24. The Morgan fingerprint density at radius 1 is 1.04 bits per heavy atom. The van der Waals surface area contributed by atoms with E-state index in [-0.39, 0.29) is 4.90 Å². The van der Waals surface area contributed by atoms with E-state index >= 15 is 0 Å². The zero-order valence-electron chi connectivity index (χ0n) is 15.8. The Hall–Kier alpha value is -1.96. The molecule has 0 unspecified atom stereocenters. The van der Waals surface area contributed by atoms with Crippen molar-refractivity contribution in [3.8, 4) is 0 Å². The fraction of sp³-hybridized carbons (Fsp3) is 0.450. The fourth-order valence-electron chi connectivity index (χ4n) is 3.34. The van der Waals surface area contributed by atoms with E-state index in [1.807, 2.05) is 0 Å². The van der Waals surface area contributed by atoms with Crippen molar-refractivity contribution in [1.82, 2.24) is 14.6 Å². The van der Waals surface area contributed by atoms with Crippen LogP contribution >= 0.6 is 0 Å². The van der Waals surface area contributed by atoms with E-state index in [9.17, 15) is 8.42 Å². The molecular weight excluding hydrogens is 360 g/mol. The van der Waals surface area contributed by atoms with Crippen molar-refractivity contribution in [2.24, 2.45) is 0 Å². The van der Waals surface area contributed by atoms with Gasteiger partial charge >= 0.3 is 0 Å². The van der Waals surface area contributed by atoms with Crippen molar-refractivity contribution in [3.63, 3.8) is 0 Å². The first-order chi connectivity index (χ1) is 13.1. The molecule has 0 saturated carbocycles. The van der Waals surface area contributed by atoms with Crippen LogP contribution in [0.15, 0.2) is 47.5 Å². The molecule has 2 aromatic rings. The maximum Gasteiger partial charge on any atom is 0.241 e. The Kier molecular flexibility index (Phi) is 6.82. The molecule has 0 atom stereocenters. The highest BCUT2D eigenvalue weighted by molar-refractivity contribution is 7.89. The number of nitrogens with one attached hydrogen (secondary N) is 2. The minimum absolute atomic E-state index is 0.162. The van der Waals surface area contributed by atoms with E-state index in [2.05, 4.69) is 44.2 Å². The molecule has 6 nitrogen and oxygen atoms in total. The number of nitrogens with zero attached hydrogens (tertiary/aromatic N) is 2. The highest BCUT2D eigenvalue weighted by Gasteiger charge is 2.12. The third-order valence-electron chi connectivity index (χ3n) is 4.89. The van der Waals surface area contributed by atoms with Crippen LogP contribution in [0, 0.1) is 0 Å². The summed E-state index contributed by atoms with van der Waals surface area (Å²) in [6.45, 7) is 4.03. The molecule has 0 spiro atoms. The normalized spacial score (nSPS) is 16.0. The predicted octanol–water partition coefficient (Wildman–Crippen LogP) is 2.98. The highest BCUT2D eigenvalue weighted by Crippen LogP contribution is 2.15. The average Bonchev–Trinajstić information content (AvgIpc) is 2.96. The molecule has 146 valence electrons. The molecule has 1 aromatic heterocycles. The van der Waals surface area contributed by atoms with E-state index in [1.54, 1.807) is 12.1 Å². The minimum Gasteiger partial charge on any atom is -0.366 e. The van der Waals surface area contributed by atoms with E-state index in [0.717, 1.165) is 6.54 Å². The standard InChI is InChI=1S/C20H28N4O2S/c1-21-27(25,26)19-9-10-20(23-15-19)22-14-17-7-6-8-18(13-17)16-24-11-4-2-3-5-12-24/h6-10,13,15,21H,2-5,11-12,14,16H2,1H3,(H,22,23). The Morgan fingerprint density at radius 3 is 2.44 bits per heavy atom. The van der Waals surface area contributed by atoms with E-state index in [1.165, 1.54) is 63.1 Å². The second-order valence-corrected chi connectivity index (χ2v) is 8.84. The molecule has 3 rings (SSSR count). The van der Waals surface area contributed by atoms with Crippen LogP contribution in [0.5, 0.6) is 0 Å². The highest BCUT2D eigenvalue weighted by atomic mass is 32.2. The van der Waals surface area contributed by atoms with Crippen LogP contribution in [-0.4, -0.2) is 38.4 Å².